The van der Waals surface area contributed by atoms with Crippen molar-refractivity contribution in [1.82, 2.24) is 9.80 Å². The molecule has 3 rings (SSSR count). The second-order valence-electron chi connectivity index (χ2n) is 7.01. The van der Waals surface area contributed by atoms with E-state index < -0.39 is 0 Å². The maximum absolute atomic E-state index is 12.5. The van der Waals surface area contributed by atoms with E-state index >= 15 is 0 Å². The Kier molecular flexibility index (Phi) is 4.61. The Hall–Kier alpha value is -0.610. The lowest BCUT2D eigenvalue weighted by Gasteiger charge is -2.44. The number of carbonyl (C=O) groups excluding carboxylic acids is 1. The highest BCUT2D eigenvalue weighted by molar-refractivity contribution is 5.76. The zero-order valence-corrected chi connectivity index (χ0v) is 12.6. The Morgan fingerprint density at radius 2 is 1.80 bits per heavy atom. The molecule has 3 fully saturated rings. The fourth-order valence-corrected chi connectivity index (χ4v) is 4.15. The Morgan fingerprint density at radius 3 is 2.60 bits per heavy atom. The van der Waals surface area contributed by atoms with Crippen LogP contribution in [0, 0.1) is 5.92 Å². The Morgan fingerprint density at radius 1 is 1.00 bits per heavy atom. The van der Waals surface area contributed by atoms with Gasteiger partial charge in [0.2, 0.25) is 5.91 Å². The minimum absolute atomic E-state index is 0.382. The largest absolute Gasteiger partial charge is 0.340 e. The number of carbonyl (C=O) groups is 1. The maximum atomic E-state index is 12.5. The van der Waals surface area contributed by atoms with E-state index in [0.717, 1.165) is 51.7 Å². The van der Waals surface area contributed by atoms with Crippen LogP contribution in [0.25, 0.3) is 0 Å². The summed E-state index contributed by atoms with van der Waals surface area (Å²) in [6, 6.07) is 1.02. The van der Waals surface area contributed by atoms with Crippen LogP contribution >= 0.6 is 0 Å². The molecule has 1 saturated carbocycles. The van der Waals surface area contributed by atoms with E-state index in [-0.39, 0.29) is 0 Å². The van der Waals surface area contributed by atoms with E-state index in [0.29, 0.717) is 23.9 Å². The fourth-order valence-electron chi connectivity index (χ4n) is 4.15. The van der Waals surface area contributed by atoms with Gasteiger partial charge in [0.1, 0.15) is 0 Å². The molecule has 0 aromatic rings. The first-order valence-corrected chi connectivity index (χ1v) is 8.50. The average Bonchev–Trinajstić information content (AvgIpc) is 2.49. The molecule has 2 heterocycles. The van der Waals surface area contributed by atoms with Gasteiger partial charge in [-0.15, -0.1) is 0 Å². The van der Waals surface area contributed by atoms with Gasteiger partial charge in [0, 0.05) is 38.1 Å². The summed E-state index contributed by atoms with van der Waals surface area (Å²) in [7, 11) is 0. The Bertz CT molecular complexity index is 339. The third-order valence-corrected chi connectivity index (χ3v) is 5.54. The second-order valence-corrected chi connectivity index (χ2v) is 7.01. The van der Waals surface area contributed by atoms with Crippen molar-refractivity contribution in [1.29, 1.82) is 0 Å². The number of nitrogens with zero attached hydrogens (tertiary/aromatic N) is 2. The molecule has 0 spiro atoms. The molecule has 3 aliphatic rings. The molecule has 1 aliphatic carbocycles. The van der Waals surface area contributed by atoms with Crippen LogP contribution in [0.2, 0.25) is 0 Å². The summed E-state index contributed by atoms with van der Waals surface area (Å²) in [5.41, 5.74) is 5.94. The SMILES string of the molecule is NC1CCC(CC(=O)N2CCN3CCCCC3C2)CC1. The topological polar surface area (TPSA) is 49.6 Å². The van der Waals surface area contributed by atoms with Gasteiger partial charge in [-0.2, -0.15) is 0 Å². The van der Waals surface area contributed by atoms with Crippen molar-refractivity contribution in [2.24, 2.45) is 11.7 Å². The first kappa shape index (κ1) is 14.3. The molecular weight excluding hydrogens is 250 g/mol. The van der Waals surface area contributed by atoms with Crippen molar-refractivity contribution >= 4 is 5.91 Å². The number of nitrogens with two attached hydrogens (primary N) is 1. The highest BCUT2D eigenvalue weighted by Crippen LogP contribution is 2.27. The van der Waals surface area contributed by atoms with Gasteiger partial charge in [-0.1, -0.05) is 6.42 Å². The number of fused-ring (bicyclic) bond motifs is 1. The summed E-state index contributed by atoms with van der Waals surface area (Å²) in [6.45, 7) is 4.26. The molecular formula is C16H29N3O. The van der Waals surface area contributed by atoms with Gasteiger partial charge >= 0.3 is 0 Å². The van der Waals surface area contributed by atoms with Crippen LogP contribution in [0.1, 0.15) is 51.4 Å². The summed E-state index contributed by atoms with van der Waals surface area (Å²) in [5.74, 6) is 0.988. The highest BCUT2D eigenvalue weighted by Gasteiger charge is 2.32. The lowest BCUT2D eigenvalue weighted by atomic mass is 9.84. The smallest absolute Gasteiger partial charge is 0.222 e. The molecule has 0 aromatic heterocycles. The van der Waals surface area contributed by atoms with Gasteiger partial charge in [-0.3, -0.25) is 9.69 Å². The van der Waals surface area contributed by atoms with Gasteiger partial charge in [-0.25, -0.2) is 0 Å². The monoisotopic (exact) mass is 279 g/mol. The van der Waals surface area contributed by atoms with Gasteiger partial charge in [-0.05, 0) is 51.0 Å². The fraction of sp³-hybridized carbons (Fsp3) is 0.938. The Balaban J connectivity index is 1.47. The third-order valence-electron chi connectivity index (χ3n) is 5.54. The number of rotatable bonds is 2. The Labute approximate surface area is 122 Å². The first-order chi connectivity index (χ1) is 9.72. The maximum Gasteiger partial charge on any atom is 0.222 e. The van der Waals surface area contributed by atoms with Crippen LogP contribution in [0.15, 0.2) is 0 Å². The van der Waals surface area contributed by atoms with E-state index in [1.165, 1.54) is 25.8 Å². The lowest BCUT2D eigenvalue weighted by Crippen LogP contribution is -2.56. The molecule has 0 radical (unpaired) electrons. The molecule has 0 bridgehead atoms. The molecule has 1 unspecified atom stereocenters. The summed E-state index contributed by atoms with van der Waals surface area (Å²) < 4.78 is 0. The summed E-state index contributed by atoms with van der Waals surface area (Å²) in [4.78, 5) is 17.2. The van der Waals surface area contributed by atoms with E-state index in [1.807, 2.05) is 0 Å². The zero-order chi connectivity index (χ0) is 13.9. The number of amides is 1. The summed E-state index contributed by atoms with van der Waals surface area (Å²) in [6.07, 6.45) is 9.23. The van der Waals surface area contributed by atoms with Crippen molar-refractivity contribution in [3.63, 3.8) is 0 Å². The zero-order valence-electron chi connectivity index (χ0n) is 12.6. The van der Waals surface area contributed by atoms with Crippen LogP contribution in [0.4, 0.5) is 0 Å². The molecule has 114 valence electrons. The van der Waals surface area contributed by atoms with Crippen LogP contribution in [0.5, 0.6) is 0 Å². The van der Waals surface area contributed by atoms with Crippen LogP contribution < -0.4 is 5.73 Å². The van der Waals surface area contributed by atoms with Gasteiger partial charge in [0.25, 0.3) is 0 Å². The van der Waals surface area contributed by atoms with Crippen LogP contribution in [-0.4, -0.2) is 54.0 Å². The summed E-state index contributed by atoms with van der Waals surface area (Å²) >= 11 is 0. The number of piperazine rings is 1. The predicted octanol–water partition coefficient (Wildman–Crippen LogP) is 1.59. The molecule has 20 heavy (non-hydrogen) atoms. The number of piperidine rings is 1. The van der Waals surface area contributed by atoms with Crippen LogP contribution in [0.3, 0.4) is 0 Å². The molecule has 1 amide bonds. The molecule has 2 saturated heterocycles. The first-order valence-electron chi connectivity index (χ1n) is 8.50. The minimum atomic E-state index is 0.382. The van der Waals surface area contributed by atoms with Crippen molar-refractivity contribution in [3.8, 4) is 0 Å². The van der Waals surface area contributed by atoms with Crippen molar-refractivity contribution in [2.45, 2.75) is 63.5 Å². The summed E-state index contributed by atoms with van der Waals surface area (Å²) in [5, 5.41) is 0. The predicted molar refractivity (Wildman–Crippen MR) is 80.3 cm³/mol. The quantitative estimate of drug-likeness (QED) is 0.835. The van der Waals surface area contributed by atoms with Crippen molar-refractivity contribution in [2.75, 3.05) is 26.2 Å². The second kappa shape index (κ2) is 6.44. The van der Waals surface area contributed by atoms with Gasteiger partial charge in [0.15, 0.2) is 0 Å². The van der Waals surface area contributed by atoms with E-state index in [9.17, 15) is 4.79 Å². The molecule has 1 atom stereocenters. The molecule has 2 N–H and O–H groups in total. The van der Waals surface area contributed by atoms with E-state index in [2.05, 4.69) is 9.80 Å². The number of hydrogen-bond acceptors (Lipinski definition) is 3. The minimum Gasteiger partial charge on any atom is -0.340 e. The normalized spacial score (nSPS) is 35.6. The third kappa shape index (κ3) is 3.34. The number of hydrogen-bond donors (Lipinski definition) is 1. The standard InChI is InChI=1S/C16H29N3O/c17-14-6-4-13(5-7-14)11-16(20)19-10-9-18-8-2-1-3-15(18)12-19/h13-15H,1-12,17H2. The van der Waals surface area contributed by atoms with Crippen molar-refractivity contribution < 1.29 is 4.79 Å². The molecule has 0 aromatic carbocycles. The average molecular weight is 279 g/mol. The molecule has 4 heteroatoms. The molecule has 4 nitrogen and oxygen atoms in total. The van der Waals surface area contributed by atoms with Gasteiger partial charge < -0.3 is 10.6 Å². The van der Waals surface area contributed by atoms with Crippen molar-refractivity contribution in [3.05, 3.63) is 0 Å². The van der Waals surface area contributed by atoms with E-state index in [4.69, 9.17) is 5.73 Å². The lowest BCUT2D eigenvalue weighted by molar-refractivity contribution is -0.136. The van der Waals surface area contributed by atoms with E-state index in [1.54, 1.807) is 0 Å². The molecule has 2 aliphatic heterocycles. The van der Waals surface area contributed by atoms with Gasteiger partial charge in [0.05, 0.1) is 0 Å². The highest BCUT2D eigenvalue weighted by atomic mass is 16.2. The van der Waals surface area contributed by atoms with Crippen LogP contribution in [-0.2, 0) is 4.79 Å².